The number of pyridine rings is 2. The number of carboxylic acid groups (broad SMARTS) is 1. The van der Waals surface area contributed by atoms with Gasteiger partial charge in [0.05, 0.1) is 45.5 Å². The minimum Gasteiger partial charge on any atom is -0.506 e. The van der Waals surface area contributed by atoms with E-state index < -0.39 is 29.5 Å². The summed E-state index contributed by atoms with van der Waals surface area (Å²) < 4.78 is 49.8. The number of methoxy groups -OCH3 is 3. The van der Waals surface area contributed by atoms with Crippen molar-refractivity contribution in [1.29, 1.82) is 0 Å². The number of aryl methyl sites for hydroxylation is 1. The van der Waals surface area contributed by atoms with Crippen LogP contribution in [0.5, 0.6) is 28.7 Å². The van der Waals surface area contributed by atoms with Crippen molar-refractivity contribution in [3.05, 3.63) is 63.2 Å². The molecule has 0 aliphatic heterocycles. The van der Waals surface area contributed by atoms with Crippen LogP contribution in [-0.4, -0.2) is 58.1 Å². The first-order valence-corrected chi connectivity index (χ1v) is 11.6. The zero-order valence-electron chi connectivity index (χ0n) is 21.0. The number of nitrogens with zero attached hydrogens (tertiary/aromatic N) is 3. The van der Waals surface area contributed by atoms with Crippen molar-refractivity contribution in [2.45, 2.75) is 26.0 Å². The highest BCUT2D eigenvalue weighted by atomic mass is 19.3. The molecule has 3 heterocycles. The van der Waals surface area contributed by atoms with Crippen molar-refractivity contribution in [3.63, 3.8) is 0 Å². The van der Waals surface area contributed by atoms with Gasteiger partial charge in [-0.2, -0.15) is 8.78 Å². The van der Waals surface area contributed by atoms with Crippen molar-refractivity contribution < 1.29 is 42.7 Å². The first-order valence-electron chi connectivity index (χ1n) is 11.6. The molecule has 0 atom stereocenters. The summed E-state index contributed by atoms with van der Waals surface area (Å²) in [4.78, 5) is 30.1. The summed E-state index contributed by atoms with van der Waals surface area (Å²) in [5, 5.41) is 20.6. The largest absolute Gasteiger partial charge is 0.506 e. The molecule has 0 radical (unpaired) electrons. The third-order valence-corrected chi connectivity index (χ3v) is 6.62. The molecule has 2 N–H and O–H groups in total. The summed E-state index contributed by atoms with van der Waals surface area (Å²) >= 11 is 0. The van der Waals surface area contributed by atoms with E-state index in [1.165, 1.54) is 36.4 Å². The molecule has 0 fully saturated rings. The Kier molecular flexibility index (Phi) is 6.50. The molecule has 0 unspecified atom stereocenters. The molecular weight excluding hydrogens is 520 g/mol. The Bertz CT molecular complexity index is 1680. The lowest BCUT2D eigenvalue weighted by Crippen LogP contribution is -2.31. The van der Waals surface area contributed by atoms with E-state index in [9.17, 15) is 28.6 Å². The monoisotopic (exact) mass is 543 g/mol. The maximum Gasteiger partial charge on any atom is 0.387 e. The summed E-state index contributed by atoms with van der Waals surface area (Å²) in [5.41, 5.74) is -0.0973. The molecule has 1 aliphatic carbocycles. The topological polar surface area (TPSA) is 134 Å². The molecule has 1 aliphatic rings. The fourth-order valence-electron chi connectivity index (χ4n) is 4.87. The SMILES string of the molecule is COc1ccc(Cn2c3c(c(O)c(C(=O)O)c2=O)CCc2c-3nc3c(OC(F)F)cc(OC)cn23)c(OC)c1. The van der Waals surface area contributed by atoms with Crippen LogP contribution in [0.2, 0.25) is 0 Å². The number of benzene rings is 1. The van der Waals surface area contributed by atoms with Gasteiger partial charge in [0, 0.05) is 23.3 Å². The predicted octanol–water partition coefficient (Wildman–Crippen LogP) is 3.34. The Morgan fingerprint density at radius 2 is 1.79 bits per heavy atom. The second-order valence-electron chi connectivity index (χ2n) is 8.65. The van der Waals surface area contributed by atoms with Crippen molar-refractivity contribution >= 4 is 11.6 Å². The molecule has 0 spiro atoms. The standard InChI is InChI=1S/C26H23F2N3O8/c1-36-13-5-4-12(17(8-13)38-3)10-31-21-15(22(32)19(24(31)33)25(34)35)6-7-16-20(21)29-23-18(39-26(27)28)9-14(37-2)11-30(16)23/h4-5,8-9,11,26,32H,6-7,10H2,1-3H3,(H,34,35). The molecule has 0 saturated carbocycles. The van der Waals surface area contributed by atoms with Gasteiger partial charge < -0.3 is 33.7 Å². The zero-order chi connectivity index (χ0) is 28.0. The average Bonchev–Trinajstić information content (AvgIpc) is 3.29. The van der Waals surface area contributed by atoms with Crippen molar-refractivity contribution in [2.75, 3.05) is 21.3 Å². The summed E-state index contributed by atoms with van der Waals surface area (Å²) in [7, 11) is 4.30. The van der Waals surface area contributed by atoms with Crippen molar-refractivity contribution in [3.8, 4) is 40.1 Å². The number of aromatic hydroxyl groups is 1. The first-order chi connectivity index (χ1) is 18.7. The highest BCUT2D eigenvalue weighted by Crippen LogP contribution is 2.41. The van der Waals surface area contributed by atoms with Gasteiger partial charge in [0.25, 0.3) is 5.56 Å². The number of carbonyl (C=O) groups is 1. The number of rotatable bonds is 8. The van der Waals surface area contributed by atoms with Crippen LogP contribution in [0.15, 0.2) is 35.3 Å². The smallest absolute Gasteiger partial charge is 0.387 e. The van der Waals surface area contributed by atoms with Crippen LogP contribution in [0.3, 0.4) is 0 Å². The lowest BCUT2D eigenvalue weighted by molar-refractivity contribution is -0.0492. The first kappa shape index (κ1) is 25.8. The fourth-order valence-corrected chi connectivity index (χ4v) is 4.87. The fraction of sp³-hybridized carbons (Fsp3) is 0.269. The number of hydrogen-bond donors (Lipinski definition) is 2. The second-order valence-corrected chi connectivity index (χ2v) is 8.65. The number of halogens is 2. The Morgan fingerprint density at radius 3 is 2.44 bits per heavy atom. The zero-order valence-corrected chi connectivity index (χ0v) is 21.0. The van der Waals surface area contributed by atoms with Gasteiger partial charge in [0.2, 0.25) is 0 Å². The number of carboxylic acids is 1. The lowest BCUT2D eigenvalue weighted by Gasteiger charge is -2.23. The van der Waals surface area contributed by atoms with E-state index in [-0.39, 0.29) is 53.5 Å². The van der Waals surface area contributed by atoms with Gasteiger partial charge in [0.15, 0.2) is 17.0 Å². The third kappa shape index (κ3) is 4.25. The van der Waals surface area contributed by atoms with Crippen LogP contribution in [-0.2, 0) is 19.4 Å². The Morgan fingerprint density at radius 1 is 1.08 bits per heavy atom. The molecule has 1 aromatic carbocycles. The van der Waals surface area contributed by atoms with Gasteiger partial charge in [-0.15, -0.1) is 0 Å². The minimum atomic E-state index is -3.13. The van der Waals surface area contributed by atoms with Crippen LogP contribution >= 0.6 is 0 Å². The second kappa shape index (κ2) is 9.82. The average molecular weight is 543 g/mol. The molecule has 4 aromatic rings. The normalized spacial score (nSPS) is 12.3. The Hall–Kier alpha value is -4.81. The van der Waals surface area contributed by atoms with E-state index >= 15 is 0 Å². The maximum absolute atomic E-state index is 13.5. The van der Waals surface area contributed by atoms with E-state index in [2.05, 4.69) is 4.98 Å². The maximum atomic E-state index is 13.5. The predicted molar refractivity (Wildman–Crippen MR) is 133 cm³/mol. The van der Waals surface area contributed by atoms with Gasteiger partial charge in [-0.25, -0.2) is 9.78 Å². The minimum absolute atomic E-state index is 0.0387. The van der Waals surface area contributed by atoms with Crippen molar-refractivity contribution in [2.24, 2.45) is 0 Å². The van der Waals surface area contributed by atoms with E-state index in [1.54, 1.807) is 24.4 Å². The van der Waals surface area contributed by atoms with Gasteiger partial charge in [-0.05, 0) is 25.0 Å². The molecule has 0 bridgehead atoms. The van der Waals surface area contributed by atoms with Crippen LogP contribution in [0.1, 0.15) is 27.2 Å². The highest BCUT2D eigenvalue weighted by molar-refractivity contribution is 5.92. The van der Waals surface area contributed by atoms with Crippen LogP contribution in [0.25, 0.3) is 17.0 Å². The van der Waals surface area contributed by atoms with Gasteiger partial charge in [-0.1, -0.05) is 0 Å². The summed E-state index contributed by atoms with van der Waals surface area (Å²) in [6.07, 6.45) is 1.94. The lowest BCUT2D eigenvalue weighted by atomic mass is 9.93. The number of hydrogen-bond acceptors (Lipinski definition) is 8. The number of fused-ring (bicyclic) bond motifs is 5. The third-order valence-electron chi connectivity index (χ3n) is 6.62. The Labute approximate surface area is 219 Å². The molecule has 11 nitrogen and oxygen atoms in total. The van der Waals surface area contributed by atoms with E-state index in [0.717, 1.165) is 0 Å². The van der Waals surface area contributed by atoms with Crippen LogP contribution in [0.4, 0.5) is 8.78 Å². The number of alkyl halides is 2. The number of imidazole rings is 1. The van der Waals surface area contributed by atoms with Gasteiger partial charge >= 0.3 is 12.6 Å². The quantitative estimate of drug-likeness (QED) is 0.343. The van der Waals surface area contributed by atoms with Gasteiger partial charge in [0.1, 0.15) is 28.7 Å². The number of aromatic nitrogens is 3. The summed E-state index contributed by atoms with van der Waals surface area (Å²) in [6.45, 7) is -3.28. The van der Waals surface area contributed by atoms with E-state index in [0.29, 0.717) is 22.8 Å². The molecular formula is C26H23F2N3O8. The molecule has 0 saturated heterocycles. The molecule has 204 valence electrons. The number of aromatic carboxylic acids is 1. The van der Waals surface area contributed by atoms with Crippen LogP contribution < -0.4 is 24.5 Å². The number of ether oxygens (including phenoxy) is 4. The Balaban J connectivity index is 1.82. The molecule has 0 amide bonds. The molecule has 5 rings (SSSR count). The van der Waals surface area contributed by atoms with Crippen LogP contribution in [0, 0.1) is 0 Å². The summed E-state index contributed by atoms with van der Waals surface area (Å²) in [6, 6.07) is 6.20. The molecule has 3 aromatic heterocycles. The van der Waals surface area contributed by atoms with Crippen molar-refractivity contribution in [1.82, 2.24) is 14.0 Å². The molecule has 13 heteroatoms. The highest BCUT2D eigenvalue weighted by Gasteiger charge is 2.33. The molecule has 39 heavy (non-hydrogen) atoms. The van der Waals surface area contributed by atoms with Gasteiger partial charge in [-0.3, -0.25) is 9.20 Å². The summed E-state index contributed by atoms with van der Waals surface area (Å²) in [5.74, 6) is -1.39. The van der Waals surface area contributed by atoms with E-state index in [1.807, 2.05) is 0 Å². The van der Waals surface area contributed by atoms with E-state index in [4.69, 9.17) is 18.9 Å².